The maximum atomic E-state index is 5.56. The summed E-state index contributed by atoms with van der Waals surface area (Å²) in [5, 5.41) is 0. The van der Waals surface area contributed by atoms with E-state index in [0.29, 0.717) is 5.41 Å². The third kappa shape index (κ3) is 2.46. The maximum absolute atomic E-state index is 5.56. The number of anilines is 1. The largest absolute Gasteiger partial charge is 0.381 e. The van der Waals surface area contributed by atoms with Gasteiger partial charge in [0.15, 0.2) is 0 Å². The maximum Gasteiger partial charge on any atom is 0.225 e. The lowest BCUT2D eigenvalue weighted by molar-refractivity contribution is 0.160. The van der Waals surface area contributed by atoms with Crippen LogP contribution >= 0.6 is 0 Å². The Bertz CT molecular complexity index is 443. The highest BCUT2D eigenvalue weighted by Gasteiger charge is 2.42. The lowest BCUT2D eigenvalue weighted by Gasteiger charge is -2.23. The molecule has 4 nitrogen and oxygen atoms in total. The summed E-state index contributed by atoms with van der Waals surface area (Å²) in [5.41, 5.74) is 1.67. The second-order valence-corrected chi connectivity index (χ2v) is 7.00. The molecule has 1 spiro atoms. The molecule has 2 aliphatic heterocycles. The predicted octanol–water partition coefficient (Wildman–Crippen LogP) is 2.39. The molecule has 0 aliphatic carbocycles. The molecule has 0 aromatic carbocycles. The van der Waals surface area contributed by atoms with Crippen LogP contribution in [0.4, 0.5) is 5.95 Å². The van der Waals surface area contributed by atoms with Crippen molar-refractivity contribution in [3.05, 3.63) is 18.0 Å². The van der Waals surface area contributed by atoms with E-state index in [1.54, 1.807) is 0 Å². The molecule has 3 rings (SSSR count). The van der Waals surface area contributed by atoms with E-state index in [1.807, 2.05) is 12.4 Å². The van der Waals surface area contributed by atoms with Crippen LogP contribution in [0.1, 0.15) is 39.2 Å². The number of ether oxygens (including phenoxy) is 1. The molecule has 104 valence electrons. The van der Waals surface area contributed by atoms with Gasteiger partial charge in [0, 0.05) is 37.5 Å². The first kappa shape index (κ1) is 12.9. The molecule has 19 heavy (non-hydrogen) atoms. The number of aromatic nitrogens is 2. The van der Waals surface area contributed by atoms with Gasteiger partial charge in [0.2, 0.25) is 5.95 Å². The number of hydrogen-bond donors (Lipinski definition) is 0. The molecule has 2 aliphatic rings. The molecule has 4 heteroatoms. The molecule has 0 saturated carbocycles. The summed E-state index contributed by atoms with van der Waals surface area (Å²) in [4.78, 5) is 11.4. The van der Waals surface area contributed by atoms with Crippen molar-refractivity contribution >= 4 is 5.95 Å². The van der Waals surface area contributed by atoms with Crippen LogP contribution in [0.25, 0.3) is 0 Å². The Kier molecular flexibility index (Phi) is 3.01. The van der Waals surface area contributed by atoms with Crippen LogP contribution < -0.4 is 4.90 Å². The van der Waals surface area contributed by atoms with Crippen molar-refractivity contribution in [2.45, 2.75) is 39.0 Å². The predicted molar refractivity (Wildman–Crippen MR) is 75.4 cm³/mol. The van der Waals surface area contributed by atoms with Gasteiger partial charge >= 0.3 is 0 Å². The minimum Gasteiger partial charge on any atom is -0.381 e. The zero-order valence-corrected chi connectivity index (χ0v) is 12.1. The van der Waals surface area contributed by atoms with Gasteiger partial charge in [-0.05, 0) is 23.8 Å². The van der Waals surface area contributed by atoms with Crippen LogP contribution in [-0.4, -0.2) is 36.3 Å². The minimum atomic E-state index is 0.115. The van der Waals surface area contributed by atoms with E-state index in [0.717, 1.165) is 32.3 Å². The molecular weight excluding hydrogens is 238 g/mol. The Morgan fingerprint density at radius 2 is 1.95 bits per heavy atom. The van der Waals surface area contributed by atoms with Crippen LogP contribution in [0.5, 0.6) is 0 Å². The molecular formula is C15H23N3O. The van der Waals surface area contributed by atoms with Crippen LogP contribution in [-0.2, 0) is 10.2 Å². The van der Waals surface area contributed by atoms with Crippen molar-refractivity contribution < 1.29 is 4.74 Å². The molecule has 0 N–H and O–H groups in total. The molecule has 0 amide bonds. The summed E-state index contributed by atoms with van der Waals surface area (Å²) in [6.07, 6.45) is 6.33. The Hall–Kier alpha value is -1.16. The molecule has 0 radical (unpaired) electrons. The molecule has 1 atom stereocenters. The van der Waals surface area contributed by atoms with Crippen molar-refractivity contribution in [1.29, 1.82) is 0 Å². The lowest BCUT2D eigenvalue weighted by Crippen LogP contribution is -2.28. The molecule has 0 bridgehead atoms. The molecule has 3 heterocycles. The van der Waals surface area contributed by atoms with E-state index in [4.69, 9.17) is 4.74 Å². The van der Waals surface area contributed by atoms with Gasteiger partial charge in [-0.3, -0.25) is 0 Å². The average molecular weight is 261 g/mol. The van der Waals surface area contributed by atoms with Gasteiger partial charge in [-0.15, -0.1) is 0 Å². The quantitative estimate of drug-likeness (QED) is 0.778. The zero-order valence-electron chi connectivity index (χ0n) is 12.1. The van der Waals surface area contributed by atoms with E-state index in [9.17, 15) is 0 Å². The first-order chi connectivity index (χ1) is 8.99. The lowest BCUT2D eigenvalue weighted by atomic mass is 9.87. The molecule has 2 fully saturated rings. The van der Waals surface area contributed by atoms with Gasteiger partial charge in [-0.2, -0.15) is 0 Å². The van der Waals surface area contributed by atoms with Crippen molar-refractivity contribution in [2.24, 2.45) is 5.41 Å². The van der Waals surface area contributed by atoms with Gasteiger partial charge in [-0.1, -0.05) is 20.8 Å². The summed E-state index contributed by atoms with van der Waals surface area (Å²) in [5.74, 6) is 0.872. The highest BCUT2D eigenvalue weighted by Crippen LogP contribution is 2.39. The van der Waals surface area contributed by atoms with Gasteiger partial charge in [-0.25, -0.2) is 9.97 Å². The number of hydrogen-bond acceptors (Lipinski definition) is 4. The molecule has 1 unspecified atom stereocenters. The number of nitrogens with zero attached hydrogens (tertiary/aromatic N) is 3. The van der Waals surface area contributed by atoms with E-state index < -0.39 is 0 Å². The number of rotatable bonds is 1. The van der Waals surface area contributed by atoms with Gasteiger partial charge < -0.3 is 9.64 Å². The van der Waals surface area contributed by atoms with Crippen LogP contribution in [0.2, 0.25) is 0 Å². The Balaban J connectivity index is 1.73. The fourth-order valence-corrected chi connectivity index (χ4v) is 2.95. The summed E-state index contributed by atoms with van der Waals surface area (Å²) < 4.78 is 5.56. The van der Waals surface area contributed by atoms with Crippen LogP contribution in [0.15, 0.2) is 12.4 Å². The van der Waals surface area contributed by atoms with Crippen molar-refractivity contribution in [2.75, 3.05) is 31.2 Å². The standard InChI is InChI=1S/C15H23N3O/c1-14(2,3)12-8-16-13(17-9-12)18-6-4-15(10-18)5-7-19-11-15/h8-9H,4-7,10-11H2,1-3H3. The van der Waals surface area contributed by atoms with Crippen LogP contribution in [0.3, 0.4) is 0 Å². The minimum absolute atomic E-state index is 0.115. The summed E-state index contributed by atoms with van der Waals surface area (Å²) >= 11 is 0. The summed E-state index contributed by atoms with van der Waals surface area (Å²) in [6.45, 7) is 10.5. The monoisotopic (exact) mass is 261 g/mol. The third-order valence-electron chi connectivity index (χ3n) is 4.41. The first-order valence-electron chi connectivity index (χ1n) is 7.14. The molecule has 1 aromatic rings. The molecule has 1 aromatic heterocycles. The topological polar surface area (TPSA) is 38.2 Å². The average Bonchev–Trinajstić information content (AvgIpc) is 3.00. The Morgan fingerprint density at radius 1 is 1.21 bits per heavy atom. The highest BCUT2D eigenvalue weighted by atomic mass is 16.5. The fourth-order valence-electron chi connectivity index (χ4n) is 2.95. The van der Waals surface area contributed by atoms with Crippen molar-refractivity contribution in [3.63, 3.8) is 0 Å². The SMILES string of the molecule is CC(C)(C)c1cnc(N2CCC3(CCOC3)C2)nc1. The zero-order chi connectivity index (χ0) is 13.5. The normalized spacial score (nSPS) is 27.4. The van der Waals surface area contributed by atoms with Crippen molar-refractivity contribution in [1.82, 2.24) is 9.97 Å². The van der Waals surface area contributed by atoms with E-state index >= 15 is 0 Å². The second kappa shape index (κ2) is 4.44. The van der Waals surface area contributed by atoms with Crippen molar-refractivity contribution in [3.8, 4) is 0 Å². The highest BCUT2D eigenvalue weighted by molar-refractivity contribution is 5.34. The summed E-state index contributed by atoms with van der Waals surface area (Å²) in [6, 6.07) is 0. The molecule has 2 saturated heterocycles. The second-order valence-electron chi connectivity index (χ2n) is 7.00. The van der Waals surface area contributed by atoms with Crippen LogP contribution in [0, 0.1) is 5.41 Å². The smallest absolute Gasteiger partial charge is 0.225 e. The van der Waals surface area contributed by atoms with Gasteiger partial charge in [0.05, 0.1) is 6.61 Å². The third-order valence-corrected chi connectivity index (χ3v) is 4.41. The summed E-state index contributed by atoms with van der Waals surface area (Å²) in [7, 11) is 0. The van der Waals surface area contributed by atoms with Gasteiger partial charge in [0.25, 0.3) is 0 Å². The van der Waals surface area contributed by atoms with E-state index in [-0.39, 0.29) is 5.41 Å². The van der Waals surface area contributed by atoms with Gasteiger partial charge in [0.1, 0.15) is 0 Å². The first-order valence-corrected chi connectivity index (χ1v) is 7.14. The Labute approximate surface area is 115 Å². The van der Waals surface area contributed by atoms with E-state index in [2.05, 4.69) is 35.6 Å². The fraction of sp³-hybridized carbons (Fsp3) is 0.733. The Morgan fingerprint density at radius 3 is 2.53 bits per heavy atom. The van der Waals surface area contributed by atoms with E-state index in [1.165, 1.54) is 18.4 Å².